The van der Waals surface area contributed by atoms with Crippen LogP contribution in [0.3, 0.4) is 0 Å². The number of carboxylic acids is 1. The average Bonchev–Trinajstić information content (AvgIpc) is 2.64. The molecule has 28 heavy (non-hydrogen) atoms. The molecule has 0 aromatic heterocycles. The Kier molecular flexibility index (Phi) is 7.49. The number of carbonyl (C=O) groups excluding carboxylic acids is 1. The molecule has 0 spiro atoms. The molecule has 0 atom stereocenters. The van der Waals surface area contributed by atoms with Gasteiger partial charge >= 0.3 is 5.97 Å². The summed E-state index contributed by atoms with van der Waals surface area (Å²) in [5, 5.41) is 12.8. The second-order valence-electron chi connectivity index (χ2n) is 6.61. The standard InChI is InChI=1S/C21H21Cl2NO4/c1-21(2,20(26)27)28-16-7-3-14(4-8-16)11-12-24-19(25)10-6-15-5-9-17(22)18(23)13-15/h3-10,13H,11-12H2,1-2H3,(H,24,25)(H,26,27). The molecule has 0 aliphatic rings. The molecule has 0 radical (unpaired) electrons. The zero-order chi connectivity index (χ0) is 20.7. The first-order valence-electron chi connectivity index (χ1n) is 8.60. The number of halogens is 2. The van der Waals surface area contributed by atoms with Crippen molar-refractivity contribution in [3.05, 3.63) is 69.7 Å². The maximum Gasteiger partial charge on any atom is 0.347 e. The molecule has 5 nitrogen and oxygen atoms in total. The SMILES string of the molecule is CC(C)(Oc1ccc(CCNC(=O)C=Cc2ccc(Cl)c(Cl)c2)cc1)C(=O)O. The highest BCUT2D eigenvalue weighted by Gasteiger charge is 2.29. The highest BCUT2D eigenvalue weighted by molar-refractivity contribution is 6.42. The van der Waals surface area contributed by atoms with E-state index in [4.69, 9.17) is 33.0 Å². The van der Waals surface area contributed by atoms with Crippen molar-refractivity contribution in [2.75, 3.05) is 6.54 Å². The summed E-state index contributed by atoms with van der Waals surface area (Å²) in [6.45, 7) is 3.44. The van der Waals surface area contributed by atoms with Crippen LogP contribution in [0.25, 0.3) is 6.08 Å². The lowest BCUT2D eigenvalue weighted by atomic mass is 10.1. The van der Waals surface area contributed by atoms with Crippen LogP contribution in [0.1, 0.15) is 25.0 Å². The maximum absolute atomic E-state index is 11.9. The normalized spacial score (nSPS) is 11.4. The molecule has 0 saturated heterocycles. The van der Waals surface area contributed by atoms with E-state index < -0.39 is 11.6 Å². The van der Waals surface area contributed by atoms with Crippen molar-refractivity contribution < 1.29 is 19.4 Å². The Hall–Kier alpha value is -2.50. The Morgan fingerprint density at radius 2 is 1.79 bits per heavy atom. The number of rotatable bonds is 8. The number of aliphatic carboxylic acids is 1. The van der Waals surface area contributed by atoms with Crippen LogP contribution in [0.4, 0.5) is 0 Å². The number of benzene rings is 2. The van der Waals surface area contributed by atoms with Gasteiger partial charge in [0.05, 0.1) is 10.0 Å². The number of hydrogen-bond acceptors (Lipinski definition) is 3. The minimum absolute atomic E-state index is 0.214. The third-order valence-electron chi connectivity index (χ3n) is 3.90. The van der Waals surface area contributed by atoms with Crippen LogP contribution >= 0.6 is 23.2 Å². The molecule has 0 aliphatic carbocycles. The third-order valence-corrected chi connectivity index (χ3v) is 4.63. The molecule has 0 aliphatic heterocycles. The topological polar surface area (TPSA) is 75.6 Å². The molecule has 0 heterocycles. The summed E-state index contributed by atoms with van der Waals surface area (Å²) >= 11 is 11.8. The molecule has 0 fully saturated rings. The molecule has 7 heteroatoms. The van der Waals surface area contributed by atoms with Crippen molar-refractivity contribution in [3.8, 4) is 5.75 Å². The van der Waals surface area contributed by atoms with Crippen LogP contribution < -0.4 is 10.1 Å². The van der Waals surface area contributed by atoms with Gasteiger partial charge in [-0.25, -0.2) is 4.79 Å². The first-order chi connectivity index (χ1) is 13.2. The van der Waals surface area contributed by atoms with E-state index in [0.717, 1.165) is 11.1 Å². The molecule has 2 aromatic carbocycles. The van der Waals surface area contributed by atoms with Crippen LogP contribution in [0.15, 0.2) is 48.5 Å². The second-order valence-corrected chi connectivity index (χ2v) is 7.42. The average molecular weight is 422 g/mol. The van der Waals surface area contributed by atoms with Gasteiger partial charge in [-0.15, -0.1) is 0 Å². The highest BCUT2D eigenvalue weighted by Crippen LogP contribution is 2.23. The summed E-state index contributed by atoms with van der Waals surface area (Å²) < 4.78 is 5.45. The van der Waals surface area contributed by atoms with Crippen molar-refractivity contribution in [2.24, 2.45) is 0 Å². The lowest BCUT2D eigenvalue weighted by Gasteiger charge is -2.21. The minimum atomic E-state index is -1.30. The van der Waals surface area contributed by atoms with Crippen molar-refractivity contribution in [3.63, 3.8) is 0 Å². The van der Waals surface area contributed by atoms with E-state index in [1.165, 1.54) is 19.9 Å². The van der Waals surface area contributed by atoms with Gasteiger partial charge in [0, 0.05) is 12.6 Å². The predicted molar refractivity (Wildman–Crippen MR) is 111 cm³/mol. The van der Waals surface area contributed by atoms with E-state index in [-0.39, 0.29) is 5.91 Å². The molecule has 148 valence electrons. The smallest absolute Gasteiger partial charge is 0.347 e. The molecule has 2 N–H and O–H groups in total. The van der Waals surface area contributed by atoms with E-state index in [1.807, 2.05) is 12.1 Å². The van der Waals surface area contributed by atoms with Gasteiger partial charge in [-0.3, -0.25) is 4.79 Å². The van der Waals surface area contributed by atoms with Crippen molar-refractivity contribution in [1.29, 1.82) is 0 Å². The van der Waals surface area contributed by atoms with Gasteiger partial charge in [-0.05, 0) is 61.7 Å². The van der Waals surface area contributed by atoms with E-state index >= 15 is 0 Å². The Labute approximate surface area is 173 Å². The number of hydrogen-bond donors (Lipinski definition) is 2. The summed E-state index contributed by atoms with van der Waals surface area (Å²) in [4.78, 5) is 23.0. The van der Waals surface area contributed by atoms with Crippen molar-refractivity contribution in [1.82, 2.24) is 5.32 Å². The number of nitrogens with one attached hydrogen (secondary N) is 1. The second kappa shape index (κ2) is 9.62. The Morgan fingerprint density at radius 3 is 2.39 bits per heavy atom. The quantitative estimate of drug-likeness (QED) is 0.610. The van der Waals surface area contributed by atoms with E-state index in [1.54, 1.807) is 36.4 Å². The molecule has 0 saturated carbocycles. The number of amides is 1. The Balaban J connectivity index is 1.81. The van der Waals surface area contributed by atoms with Gasteiger partial charge in [0.2, 0.25) is 5.91 Å². The molecule has 2 rings (SSSR count). The van der Waals surface area contributed by atoms with Gasteiger partial charge in [0.15, 0.2) is 5.60 Å². The zero-order valence-electron chi connectivity index (χ0n) is 15.5. The maximum atomic E-state index is 11.9. The highest BCUT2D eigenvalue weighted by atomic mass is 35.5. The lowest BCUT2D eigenvalue weighted by Crippen LogP contribution is -2.37. The zero-order valence-corrected chi connectivity index (χ0v) is 17.1. The summed E-state index contributed by atoms with van der Waals surface area (Å²) in [5.74, 6) is -0.771. The largest absolute Gasteiger partial charge is 0.478 e. The van der Waals surface area contributed by atoms with Gasteiger partial charge in [-0.2, -0.15) is 0 Å². The van der Waals surface area contributed by atoms with Gasteiger partial charge < -0.3 is 15.2 Å². The van der Waals surface area contributed by atoms with Crippen LogP contribution in [0.2, 0.25) is 10.0 Å². The van der Waals surface area contributed by atoms with Crippen LogP contribution in [-0.2, 0) is 16.0 Å². The Morgan fingerprint density at radius 1 is 1.11 bits per heavy atom. The lowest BCUT2D eigenvalue weighted by molar-refractivity contribution is -0.152. The summed E-state index contributed by atoms with van der Waals surface area (Å²) in [7, 11) is 0. The fourth-order valence-corrected chi connectivity index (χ4v) is 2.55. The first kappa shape index (κ1) is 21.8. The fourth-order valence-electron chi connectivity index (χ4n) is 2.24. The molecule has 0 unspecified atom stereocenters. The number of carbonyl (C=O) groups is 2. The van der Waals surface area contributed by atoms with E-state index in [0.29, 0.717) is 28.8 Å². The van der Waals surface area contributed by atoms with Gasteiger partial charge in [0.1, 0.15) is 5.75 Å². The fraction of sp³-hybridized carbons (Fsp3) is 0.238. The molecular weight excluding hydrogens is 401 g/mol. The number of carboxylic acid groups (broad SMARTS) is 1. The third kappa shape index (κ3) is 6.59. The molecular formula is C21H21Cl2NO4. The Bertz CT molecular complexity index is 876. The van der Waals surface area contributed by atoms with Crippen molar-refractivity contribution in [2.45, 2.75) is 25.9 Å². The van der Waals surface area contributed by atoms with Crippen molar-refractivity contribution >= 4 is 41.2 Å². The monoisotopic (exact) mass is 421 g/mol. The predicted octanol–water partition coefficient (Wildman–Crippen LogP) is 4.61. The molecule has 1 amide bonds. The minimum Gasteiger partial charge on any atom is -0.478 e. The summed E-state index contributed by atoms with van der Waals surface area (Å²) in [6, 6.07) is 12.2. The first-order valence-corrected chi connectivity index (χ1v) is 9.35. The summed E-state index contributed by atoms with van der Waals surface area (Å²) in [6.07, 6.45) is 3.73. The van der Waals surface area contributed by atoms with Crippen LogP contribution in [0, 0.1) is 0 Å². The summed E-state index contributed by atoms with van der Waals surface area (Å²) in [5.41, 5.74) is 0.481. The van der Waals surface area contributed by atoms with Gasteiger partial charge in [0.25, 0.3) is 0 Å². The molecule has 0 bridgehead atoms. The van der Waals surface area contributed by atoms with Gasteiger partial charge in [-0.1, -0.05) is 41.4 Å². The van der Waals surface area contributed by atoms with Crippen LogP contribution in [0.5, 0.6) is 5.75 Å². The van der Waals surface area contributed by atoms with E-state index in [2.05, 4.69) is 5.32 Å². The van der Waals surface area contributed by atoms with E-state index in [9.17, 15) is 9.59 Å². The molecule has 2 aromatic rings. The van der Waals surface area contributed by atoms with Crippen LogP contribution in [-0.4, -0.2) is 29.1 Å². The number of ether oxygens (including phenoxy) is 1.